The molecule has 8 nitrogen and oxygen atoms in total. The molecule has 0 bridgehead atoms. The third-order valence-electron chi connectivity index (χ3n) is 5.75. The van der Waals surface area contributed by atoms with Gasteiger partial charge in [0.1, 0.15) is 11.9 Å². The largest absolute Gasteiger partial charge is 0.357 e. The predicted molar refractivity (Wildman–Crippen MR) is 127 cm³/mol. The molecule has 2 heterocycles. The minimum absolute atomic E-state index is 0.154. The summed E-state index contributed by atoms with van der Waals surface area (Å²) in [5, 5.41) is 6.20. The number of H-pyrrole nitrogens is 1. The second-order valence-corrected chi connectivity index (χ2v) is 8.79. The molecule has 0 saturated carbocycles. The van der Waals surface area contributed by atoms with Crippen LogP contribution in [-0.2, 0) is 4.79 Å². The molecule has 0 aliphatic carbocycles. The number of halogens is 2. The molecular formula is C23H23Cl2N5O3. The summed E-state index contributed by atoms with van der Waals surface area (Å²) in [6.07, 6.45) is 1.35. The van der Waals surface area contributed by atoms with Crippen LogP contribution < -0.4 is 10.6 Å². The lowest BCUT2D eigenvalue weighted by molar-refractivity contribution is -0.124. The number of rotatable bonds is 5. The quantitative estimate of drug-likeness (QED) is 0.509. The molecule has 10 heteroatoms. The highest BCUT2D eigenvalue weighted by Crippen LogP contribution is 2.26. The van der Waals surface area contributed by atoms with E-state index in [0.29, 0.717) is 34.9 Å². The molecule has 1 aliphatic heterocycles. The molecule has 3 aromatic rings. The van der Waals surface area contributed by atoms with E-state index in [1.165, 1.54) is 17.0 Å². The topological polar surface area (TPSA) is 107 Å². The molecule has 2 atom stereocenters. The Kier molecular flexibility index (Phi) is 6.58. The second-order valence-electron chi connectivity index (χ2n) is 7.94. The highest BCUT2D eigenvalue weighted by molar-refractivity contribution is 6.34. The minimum atomic E-state index is -0.513. The fraction of sp³-hybridized carbons (Fsp3) is 0.304. The van der Waals surface area contributed by atoms with Gasteiger partial charge in [0.15, 0.2) is 0 Å². The van der Waals surface area contributed by atoms with E-state index < -0.39 is 12.1 Å². The van der Waals surface area contributed by atoms with Crippen LogP contribution in [0.25, 0.3) is 11.0 Å². The molecule has 2 aromatic carbocycles. The Bertz CT molecular complexity index is 1240. The van der Waals surface area contributed by atoms with Gasteiger partial charge in [0.2, 0.25) is 5.91 Å². The summed E-state index contributed by atoms with van der Waals surface area (Å²) in [5.41, 5.74) is 2.10. The number of aromatic amines is 1. The zero-order valence-electron chi connectivity index (χ0n) is 18.1. The summed E-state index contributed by atoms with van der Waals surface area (Å²) in [4.78, 5) is 47.0. The van der Waals surface area contributed by atoms with Crippen LogP contribution in [-0.4, -0.2) is 52.2 Å². The number of carbonyl (C=O) groups excluding carboxylic acids is 3. The van der Waals surface area contributed by atoms with Gasteiger partial charge in [-0.05, 0) is 56.2 Å². The number of likely N-dealkylation sites (N-methyl/N-ethyl adjacent to an activating group) is 1. The zero-order chi connectivity index (χ0) is 23.7. The monoisotopic (exact) mass is 487 g/mol. The fourth-order valence-corrected chi connectivity index (χ4v) is 4.41. The molecule has 4 rings (SSSR count). The van der Waals surface area contributed by atoms with Crippen LogP contribution in [0.1, 0.15) is 52.3 Å². The van der Waals surface area contributed by atoms with Crippen molar-refractivity contribution in [2.45, 2.75) is 31.8 Å². The Balaban J connectivity index is 1.48. The zero-order valence-corrected chi connectivity index (χ0v) is 19.6. The van der Waals surface area contributed by atoms with Gasteiger partial charge in [-0.3, -0.25) is 14.4 Å². The standard InChI is InChI=1S/C23H23Cl2N5O3/c1-12(20-28-17-8-6-14(24)11-18(17)29-20)27-21(31)13-5-7-15(16(25)10-13)23(33)30-9-3-4-19(30)22(32)26-2/h5-8,10-12,19H,3-4,9H2,1-2H3,(H,26,32)(H,27,31)(H,28,29)/t12-,19+/m1/s1. The van der Waals surface area contributed by atoms with Crippen molar-refractivity contribution in [3.63, 3.8) is 0 Å². The van der Waals surface area contributed by atoms with E-state index >= 15 is 0 Å². The van der Waals surface area contributed by atoms with Crippen LogP contribution >= 0.6 is 23.2 Å². The lowest BCUT2D eigenvalue weighted by Gasteiger charge is -2.24. The van der Waals surface area contributed by atoms with E-state index in [1.54, 1.807) is 25.2 Å². The van der Waals surface area contributed by atoms with Gasteiger partial charge in [0.05, 0.1) is 27.7 Å². The Morgan fingerprint density at radius 3 is 2.70 bits per heavy atom. The molecule has 0 radical (unpaired) electrons. The fourth-order valence-electron chi connectivity index (χ4n) is 3.99. The van der Waals surface area contributed by atoms with Gasteiger partial charge in [-0.2, -0.15) is 0 Å². The van der Waals surface area contributed by atoms with Crippen molar-refractivity contribution < 1.29 is 14.4 Å². The molecule has 1 aromatic heterocycles. The number of hydrogen-bond donors (Lipinski definition) is 3. The Morgan fingerprint density at radius 1 is 1.18 bits per heavy atom. The van der Waals surface area contributed by atoms with Crippen molar-refractivity contribution in [2.75, 3.05) is 13.6 Å². The summed E-state index contributed by atoms with van der Waals surface area (Å²) < 4.78 is 0. The molecule has 1 aliphatic rings. The summed E-state index contributed by atoms with van der Waals surface area (Å²) >= 11 is 12.4. The SMILES string of the molecule is CNC(=O)[C@@H]1CCCN1C(=O)c1ccc(C(=O)N[C@H](C)c2nc3cc(Cl)ccc3[nH]2)cc1Cl. The van der Waals surface area contributed by atoms with Crippen LogP contribution in [0.2, 0.25) is 10.0 Å². The van der Waals surface area contributed by atoms with Crippen LogP contribution in [0.4, 0.5) is 0 Å². The predicted octanol–water partition coefficient (Wildman–Crippen LogP) is 3.71. The van der Waals surface area contributed by atoms with E-state index in [1.807, 2.05) is 13.0 Å². The molecule has 0 unspecified atom stereocenters. The van der Waals surface area contributed by atoms with E-state index in [0.717, 1.165) is 11.9 Å². The third kappa shape index (κ3) is 4.67. The number of aromatic nitrogens is 2. The molecule has 172 valence electrons. The van der Waals surface area contributed by atoms with Gasteiger partial charge in [-0.25, -0.2) is 4.98 Å². The van der Waals surface area contributed by atoms with Crippen molar-refractivity contribution in [3.05, 3.63) is 63.4 Å². The van der Waals surface area contributed by atoms with E-state index in [4.69, 9.17) is 23.2 Å². The van der Waals surface area contributed by atoms with Crippen molar-refractivity contribution >= 4 is 52.0 Å². The molecular weight excluding hydrogens is 465 g/mol. The summed E-state index contributed by atoms with van der Waals surface area (Å²) in [6, 6.07) is 8.95. The normalized spacial score (nSPS) is 16.6. The van der Waals surface area contributed by atoms with Gasteiger partial charge < -0.3 is 20.5 Å². The first kappa shape index (κ1) is 23.1. The number of benzene rings is 2. The van der Waals surface area contributed by atoms with E-state index in [-0.39, 0.29) is 28.3 Å². The molecule has 0 spiro atoms. The number of fused-ring (bicyclic) bond motifs is 1. The molecule has 33 heavy (non-hydrogen) atoms. The first-order valence-corrected chi connectivity index (χ1v) is 11.3. The Hall–Kier alpha value is -3.10. The van der Waals surface area contributed by atoms with E-state index in [9.17, 15) is 14.4 Å². The summed E-state index contributed by atoms with van der Waals surface area (Å²) in [6.45, 7) is 2.29. The first-order chi connectivity index (χ1) is 15.8. The van der Waals surface area contributed by atoms with Gasteiger partial charge >= 0.3 is 0 Å². The number of carbonyl (C=O) groups is 3. The van der Waals surface area contributed by atoms with Crippen LogP contribution in [0, 0.1) is 0 Å². The van der Waals surface area contributed by atoms with Crippen LogP contribution in [0.15, 0.2) is 36.4 Å². The van der Waals surface area contributed by atoms with Crippen molar-refractivity contribution in [2.24, 2.45) is 0 Å². The maximum Gasteiger partial charge on any atom is 0.256 e. The van der Waals surface area contributed by atoms with Gasteiger partial charge in [0.25, 0.3) is 11.8 Å². The lowest BCUT2D eigenvalue weighted by Crippen LogP contribution is -2.45. The molecule has 1 saturated heterocycles. The number of amides is 3. The van der Waals surface area contributed by atoms with Gasteiger partial charge in [0, 0.05) is 24.2 Å². The molecule has 1 fully saturated rings. The highest BCUT2D eigenvalue weighted by Gasteiger charge is 2.34. The van der Waals surface area contributed by atoms with Crippen LogP contribution in [0.5, 0.6) is 0 Å². The summed E-state index contributed by atoms with van der Waals surface area (Å²) in [7, 11) is 1.55. The maximum absolute atomic E-state index is 13.0. The highest BCUT2D eigenvalue weighted by atomic mass is 35.5. The minimum Gasteiger partial charge on any atom is -0.357 e. The third-order valence-corrected chi connectivity index (χ3v) is 6.29. The lowest BCUT2D eigenvalue weighted by atomic mass is 10.1. The Morgan fingerprint density at radius 2 is 1.97 bits per heavy atom. The maximum atomic E-state index is 13.0. The van der Waals surface area contributed by atoms with Crippen LogP contribution in [0.3, 0.4) is 0 Å². The van der Waals surface area contributed by atoms with E-state index in [2.05, 4.69) is 20.6 Å². The van der Waals surface area contributed by atoms with Crippen molar-refractivity contribution in [1.29, 1.82) is 0 Å². The van der Waals surface area contributed by atoms with Crippen molar-refractivity contribution in [1.82, 2.24) is 25.5 Å². The smallest absolute Gasteiger partial charge is 0.256 e. The molecule has 3 N–H and O–H groups in total. The molecule has 3 amide bonds. The average molecular weight is 488 g/mol. The number of nitrogens with zero attached hydrogens (tertiary/aromatic N) is 2. The van der Waals surface area contributed by atoms with Gasteiger partial charge in [-0.1, -0.05) is 23.2 Å². The Labute approximate surface area is 200 Å². The first-order valence-electron chi connectivity index (χ1n) is 10.6. The number of imidazole rings is 1. The summed E-state index contributed by atoms with van der Waals surface area (Å²) in [5.74, 6) is -0.290. The van der Waals surface area contributed by atoms with Gasteiger partial charge in [-0.15, -0.1) is 0 Å². The van der Waals surface area contributed by atoms with Crippen molar-refractivity contribution in [3.8, 4) is 0 Å². The second kappa shape index (κ2) is 9.41. The number of likely N-dealkylation sites (tertiary alicyclic amines) is 1. The average Bonchev–Trinajstić information content (AvgIpc) is 3.45. The number of nitrogens with one attached hydrogen (secondary N) is 3. The number of hydrogen-bond acceptors (Lipinski definition) is 4.